The van der Waals surface area contributed by atoms with Crippen LogP contribution in [-0.2, 0) is 6.54 Å². The largest absolute Gasteiger partial charge is 0.872 e. The first-order chi connectivity index (χ1) is 12.8. The van der Waals surface area contributed by atoms with Crippen LogP contribution >= 0.6 is 0 Å². The highest BCUT2D eigenvalue weighted by Gasteiger charge is 2.30. The number of hydrogen-bond acceptors (Lipinski definition) is 5. The lowest BCUT2D eigenvalue weighted by Gasteiger charge is -2.19. The summed E-state index contributed by atoms with van der Waals surface area (Å²) in [5.74, 6) is 1.41. The number of ether oxygens (including phenoxy) is 3. The average Bonchev–Trinajstić information content (AvgIpc) is 2.95. The van der Waals surface area contributed by atoms with Crippen LogP contribution in [0.4, 0.5) is 0 Å². The molecule has 1 aliphatic rings. The summed E-state index contributed by atoms with van der Waals surface area (Å²) < 4.78 is 16.3. The summed E-state index contributed by atoms with van der Waals surface area (Å²) in [4.78, 5) is 13.9. The van der Waals surface area contributed by atoms with E-state index in [2.05, 4.69) is 0 Å². The second kappa shape index (κ2) is 7.32. The van der Waals surface area contributed by atoms with Crippen LogP contribution in [0.2, 0.25) is 0 Å². The average molecular weight is 369 g/mol. The standard InChI is InChI=1S/C21H23NO5/c1-12-19(23)14(11-22(2)3)10-15-20(24)18(27-21(12)15)9-13-6-7-16(25-4)17(8-13)26-5/h6-10,23H,11H2,1-5H3/b18-9-. The van der Waals surface area contributed by atoms with Crippen LogP contribution in [0.15, 0.2) is 30.0 Å². The molecule has 0 unspecified atom stereocenters. The molecule has 1 N–H and O–H groups in total. The number of quaternary nitrogens is 1. The van der Waals surface area contributed by atoms with E-state index >= 15 is 0 Å². The summed E-state index contributed by atoms with van der Waals surface area (Å²) in [5, 5.41) is 12.5. The monoisotopic (exact) mass is 369 g/mol. The minimum Gasteiger partial charge on any atom is -0.872 e. The maximum atomic E-state index is 12.8. The lowest BCUT2D eigenvalue weighted by atomic mass is 10.0. The van der Waals surface area contributed by atoms with E-state index in [-0.39, 0.29) is 17.3 Å². The minimum absolute atomic E-state index is 0.0740. The minimum atomic E-state index is -0.224. The maximum absolute atomic E-state index is 12.8. The normalized spacial score (nSPS) is 14.4. The predicted octanol–water partition coefficient (Wildman–Crippen LogP) is 1.35. The second-order valence-electron chi connectivity index (χ2n) is 6.80. The Hall–Kier alpha value is -2.99. The van der Waals surface area contributed by atoms with E-state index in [1.54, 1.807) is 51.5 Å². The summed E-state index contributed by atoms with van der Waals surface area (Å²) in [5.41, 5.74) is 2.26. The number of Topliss-reactive ketones (excluding diaryl/α,β-unsaturated/α-hetero) is 1. The first kappa shape index (κ1) is 18.8. The number of carbonyl (C=O) groups excluding carboxylic acids is 1. The van der Waals surface area contributed by atoms with Crippen molar-refractivity contribution in [3.05, 3.63) is 52.3 Å². The van der Waals surface area contributed by atoms with Crippen LogP contribution in [0.25, 0.3) is 6.08 Å². The third kappa shape index (κ3) is 3.48. The van der Waals surface area contributed by atoms with Gasteiger partial charge in [-0.25, -0.2) is 0 Å². The first-order valence-corrected chi connectivity index (χ1v) is 8.64. The van der Waals surface area contributed by atoms with Gasteiger partial charge in [-0.15, -0.1) is 0 Å². The molecule has 142 valence electrons. The van der Waals surface area contributed by atoms with Gasteiger partial charge < -0.3 is 24.2 Å². The second-order valence-corrected chi connectivity index (χ2v) is 6.80. The number of allylic oxidation sites excluding steroid dienone is 1. The van der Waals surface area contributed by atoms with Gasteiger partial charge >= 0.3 is 0 Å². The van der Waals surface area contributed by atoms with Crippen molar-refractivity contribution in [3.8, 4) is 23.0 Å². The zero-order valence-corrected chi connectivity index (χ0v) is 16.1. The molecule has 0 radical (unpaired) electrons. The topological polar surface area (TPSA) is 72.3 Å². The van der Waals surface area contributed by atoms with E-state index in [1.165, 1.54) is 0 Å². The Kier molecular flexibility index (Phi) is 5.10. The summed E-state index contributed by atoms with van der Waals surface area (Å²) in [6.07, 6.45) is 1.64. The zero-order chi connectivity index (χ0) is 19.7. The zero-order valence-electron chi connectivity index (χ0n) is 16.1. The Morgan fingerprint density at radius 2 is 1.85 bits per heavy atom. The number of methoxy groups -OCH3 is 2. The van der Waals surface area contributed by atoms with Crippen molar-refractivity contribution in [2.75, 3.05) is 28.3 Å². The molecule has 0 spiro atoms. The fraction of sp³-hybridized carbons (Fsp3) is 0.286. The van der Waals surface area contributed by atoms with E-state index in [9.17, 15) is 9.90 Å². The van der Waals surface area contributed by atoms with Gasteiger partial charge in [0.1, 0.15) is 12.3 Å². The number of nitrogens with one attached hydrogen (secondary N) is 1. The van der Waals surface area contributed by atoms with Gasteiger partial charge in [0.05, 0.1) is 33.9 Å². The van der Waals surface area contributed by atoms with Gasteiger partial charge in [0, 0.05) is 0 Å². The number of hydrogen-bond donors (Lipinski definition) is 1. The van der Waals surface area contributed by atoms with Gasteiger partial charge in [0.15, 0.2) is 17.3 Å². The van der Waals surface area contributed by atoms with Crippen molar-refractivity contribution in [1.29, 1.82) is 0 Å². The molecule has 0 saturated carbocycles. The molecule has 0 saturated heterocycles. The molecule has 0 atom stereocenters. The molecule has 1 aliphatic heterocycles. The third-order valence-electron chi connectivity index (χ3n) is 4.47. The fourth-order valence-corrected chi connectivity index (χ4v) is 3.14. The quantitative estimate of drug-likeness (QED) is 0.806. The maximum Gasteiger partial charge on any atom is 0.231 e. The van der Waals surface area contributed by atoms with Gasteiger partial charge in [0.2, 0.25) is 5.78 Å². The van der Waals surface area contributed by atoms with E-state index < -0.39 is 0 Å². The van der Waals surface area contributed by atoms with Crippen LogP contribution in [0.3, 0.4) is 0 Å². The Morgan fingerprint density at radius 3 is 2.48 bits per heavy atom. The molecule has 27 heavy (non-hydrogen) atoms. The van der Waals surface area contributed by atoms with Gasteiger partial charge in [-0.2, -0.15) is 0 Å². The van der Waals surface area contributed by atoms with Crippen molar-refractivity contribution >= 4 is 11.9 Å². The third-order valence-corrected chi connectivity index (χ3v) is 4.47. The summed E-state index contributed by atoms with van der Waals surface area (Å²) in [6, 6.07) is 6.99. The summed E-state index contributed by atoms with van der Waals surface area (Å²) >= 11 is 0. The summed E-state index contributed by atoms with van der Waals surface area (Å²) in [6.45, 7) is 2.25. The molecule has 0 amide bonds. The molecule has 0 aromatic heterocycles. The first-order valence-electron chi connectivity index (χ1n) is 8.64. The van der Waals surface area contributed by atoms with Crippen molar-refractivity contribution in [3.63, 3.8) is 0 Å². The molecule has 0 bridgehead atoms. The number of carbonyl (C=O) groups is 1. The number of ketones is 1. The van der Waals surface area contributed by atoms with E-state index in [4.69, 9.17) is 14.2 Å². The van der Waals surface area contributed by atoms with E-state index in [0.717, 1.165) is 10.5 Å². The highest BCUT2D eigenvalue weighted by atomic mass is 16.5. The molecule has 2 aromatic carbocycles. The van der Waals surface area contributed by atoms with Gasteiger partial charge in [-0.3, -0.25) is 4.79 Å². The van der Waals surface area contributed by atoms with Crippen LogP contribution in [-0.4, -0.2) is 34.1 Å². The highest BCUT2D eigenvalue weighted by Crippen LogP contribution is 2.40. The van der Waals surface area contributed by atoms with Crippen molar-refractivity contribution in [1.82, 2.24) is 0 Å². The highest BCUT2D eigenvalue weighted by molar-refractivity contribution is 6.15. The number of rotatable bonds is 5. The van der Waals surface area contributed by atoms with Crippen LogP contribution in [0, 0.1) is 6.92 Å². The van der Waals surface area contributed by atoms with Crippen LogP contribution < -0.4 is 24.2 Å². The molecule has 2 aromatic rings. The Bertz CT molecular complexity index is 931. The molecule has 6 nitrogen and oxygen atoms in total. The SMILES string of the molecule is COc1ccc(/C=C2\Oc3c(cc(C[NH+](C)C)c([O-])c3C)C2=O)cc1OC. The van der Waals surface area contributed by atoms with Gasteiger partial charge in [0.25, 0.3) is 0 Å². The van der Waals surface area contributed by atoms with Crippen molar-refractivity contribution < 1.29 is 29.0 Å². The molecule has 3 rings (SSSR count). The molecule has 0 aliphatic carbocycles. The predicted molar refractivity (Wildman–Crippen MR) is 99.6 cm³/mol. The van der Waals surface area contributed by atoms with Gasteiger partial charge in [-0.1, -0.05) is 11.8 Å². The molecule has 1 heterocycles. The molecular weight excluding hydrogens is 346 g/mol. The number of benzene rings is 2. The smallest absolute Gasteiger partial charge is 0.231 e. The number of fused-ring (bicyclic) bond motifs is 1. The van der Waals surface area contributed by atoms with Crippen LogP contribution in [0.1, 0.15) is 27.0 Å². The Morgan fingerprint density at radius 1 is 1.15 bits per heavy atom. The Balaban J connectivity index is 1.99. The fourth-order valence-electron chi connectivity index (χ4n) is 3.14. The van der Waals surface area contributed by atoms with E-state index in [1.807, 2.05) is 14.1 Å². The Labute approximate surface area is 158 Å². The lowest BCUT2D eigenvalue weighted by Crippen LogP contribution is -3.04. The molecule has 0 fully saturated rings. The molecular formula is C21H23NO5. The van der Waals surface area contributed by atoms with E-state index in [0.29, 0.717) is 40.5 Å². The molecule has 6 heteroatoms. The van der Waals surface area contributed by atoms with Gasteiger partial charge in [-0.05, 0) is 47.9 Å². The van der Waals surface area contributed by atoms with Crippen LogP contribution in [0.5, 0.6) is 23.0 Å². The summed E-state index contributed by atoms with van der Waals surface area (Å²) in [7, 11) is 7.03. The lowest BCUT2D eigenvalue weighted by molar-refractivity contribution is -0.872. The van der Waals surface area contributed by atoms with Crippen molar-refractivity contribution in [2.45, 2.75) is 13.5 Å². The van der Waals surface area contributed by atoms with Crippen molar-refractivity contribution in [2.24, 2.45) is 0 Å².